The minimum Gasteiger partial charge on any atom is -0.437 e. The number of ether oxygens (including phenoxy) is 1. The van der Waals surface area contributed by atoms with Gasteiger partial charge in [-0.2, -0.15) is 5.26 Å². The van der Waals surface area contributed by atoms with Gasteiger partial charge in [0.05, 0.1) is 12.0 Å². The molecule has 0 saturated heterocycles. The SMILES string of the molecule is COC(c1ccccc1)c1nc2cc(C(C)C#N)ccc2o1. The number of hydrogen-bond donors (Lipinski definition) is 0. The lowest BCUT2D eigenvalue weighted by Gasteiger charge is -2.11. The van der Waals surface area contributed by atoms with Gasteiger partial charge in [-0.15, -0.1) is 0 Å². The van der Waals surface area contributed by atoms with E-state index in [1.807, 2.05) is 55.5 Å². The fourth-order valence-electron chi connectivity index (χ4n) is 2.43. The van der Waals surface area contributed by atoms with Gasteiger partial charge in [-0.25, -0.2) is 4.98 Å². The third-order valence-electron chi connectivity index (χ3n) is 3.68. The van der Waals surface area contributed by atoms with Crippen LogP contribution >= 0.6 is 0 Å². The Hall–Kier alpha value is -2.64. The van der Waals surface area contributed by atoms with Crippen molar-refractivity contribution >= 4 is 11.1 Å². The maximum atomic E-state index is 9.03. The van der Waals surface area contributed by atoms with Gasteiger partial charge in [0.15, 0.2) is 11.7 Å². The lowest BCUT2D eigenvalue weighted by Crippen LogP contribution is -2.03. The van der Waals surface area contributed by atoms with Crippen LogP contribution in [0, 0.1) is 11.3 Å². The summed E-state index contributed by atoms with van der Waals surface area (Å²) in [6.45, 7) is 1.87. The van der Waals surface area contributed by atoms with Gasteiger partial charge in [0.2, 0.25) is 5.89 Å². The van der Waals surface area contributed by atoms with Crippen LogP contribution in [0.3, 0.4) is 0 Å². The fourth-order valence-corrected chi connectivity index (χ4v) is 2.43. The molecule has 0 spiro atoms. The molecular weight excluding hydrogens is 276 g/mol. The van der Waals surface area contributed by atoms with E-state index in [1.54, 1.807) is 7.11 Å². The van der Waals surface area contributed by atoms with Gasteiger partial charge in [-0.05, 0) is 30.2 Å². The summed E-state index contributed by atoms with van der Waals surface area (Å²) in [7, 11) is 1.63. The Bertz CT molecular complexity index is 818. The first kappa shape index (κ1) is 14.3. The number of benzene rings is 2. The minimum atomic E-state index is -0.342. The van der Waals surface area contributed by atoms with E-state index in [4.69, 9.17) is 14.4 Å². The molecule has 0 aliphatic rings. The van der Waals surface area contributed by atoms with E-state index in [0.29, 0.717) is 11.5 Å². The Morgan fingerprint density at radius 2 is 1.91 bits per heavy atom. The third-order valence-corrected chi connectivity index (χ3v) is 3.68. The van der Waals surface area contributed by atoms with Crippen molar-refractivity contribution in [3.05, 3.63) is 65.5 Å². The maximum Gasteiger partial charge on any atom is 0.229 e. The van der Waals surface area contributed by atoms with Crippen molar-refractivity contribution in [2.75, 3.05) is 7.11 Å². The van der Waals surface area contributed by atoms with E-state index >= 15 is 0 Å². The molecule has 1 heterocycles. The average Bonchev–Trinajstić information content (AvgIpc) is 2.98. The van der Waals surface area contributed by atoms with Crippen LogP contribution in [-0.4, -0.2) is 12.1 Å². The van der Waals surface area contributed by atoms with E-state index in [2.05, 4.69) is 11.1 Å². The van der Waals surface area contributed by atoms with Gasteiger partial charge < -0.3 is 9.15 Å². The van der Waals surface area contributed by atoms with Crippen molar-refractivity contribution in [1.29, 1.82) is 5.26 Å². The summed E-state index contributed by atoms with van der Waals surface area (Å²) < 4.78 is 11.4. The second kappa shape index (κ2) is 6.00. The largest absolute Gasteiger partial charge is 0.437 e. The molecule has 2 atom stereocenters. The summed E-state index contributed by atoms with van der Waals surface area (Å²) in [5.41, 5.74) is 3.36. The summed E-state index contributed by atoms with van der Waals surface area (Å²) >= 11 is 0. The zero-order chi connectivity index (χ0) is 15.5. The Kier molecular flexibility index (Phi) is 3.90. The van der Waals surface area contributed by atoms with Crippen molar-refractivity contribution in [3.8, 4) is 6.07 Å². The molecule has 3 rings (SSSR count). The predicted molar refractivity (Wildman–Crippen MR) is 83.3 cm³/mol. The van der Waals surface area contributed by atoms with Crippen LogP contribution in [0.1, 0.15) is 36.0 Å². The van der Waals surface area contributed by atoms with Gasteiger partial charge in [0, 0.05) is 7.11 Å². The highest BCUT2D eigenvalue weighted by Gasteiger charge is 2.20. The molecule has 0 fully saturated rings. The number of hydrogen-bond acceptors (Lipinski definition) is 4. The van der Waals surface area contributed by atoms with Gasteiger partial charge in [0.25, 0.3) is 0 Å². The second-order valence-electron chi connectivity index (χ2n) is 5.16. The summed E-state index contributed by atoms with van der Waals surface area (Å²) in [4.78, 5) is 4.54. The van der Waals surface area contributed by atoms with Crippen LogP contribution in [-0.2, 0) is 4.74 Å². The zero-order valence-electron chi connectivity index (χ0n) is 12.5. The number of rotatable bonds is 4. The molecule has 2 aromatic carbocycles. The fraction of sp³-hybridized carbons (Fsp3) is 0.222. The molecule has 2 unspecified atom stereocenters. The van der Waals surface area contributed by atoms with E-state index in [0.717, 1.165) is 16.6 Å². The van der Waals surface area contributed by atoms with Crippen molar-refractivity contribution < 1.29 is 9.15 Å². The third kappa shape index (κ3) is 2.59. The number of oxazole rings is 1. The number of nitriles is 1. The van der Waals surface area contributed by atoms with E-state index in [1.165, 1.54) is 0 Å². The monoisotopic (exact) mass is 292 g/mol. The molecule has 0 amide bonds. The van der Waals surface area contributed by atoms with E-state index in [9.17, 15) is 0 Å². The first-order chi connectivity index (χ1) is 10.7. The quantitative estimate of drug-likeness (QED) is 0.723. The maximum absolute atomic E-state index is 9.03. The van der Waals surface area contributed by atoms with Crippen molar-refractivity contribution in [1.82, 2.24) is 4.98 Å². The molecule has 110 valence electrons. The molecule has 0 radical (unpaired) electrons. The molecule has 4 heteroatoms. The molecule has 4 nitrogen and oxygen atoms in total. The molecule has 0 bridgehead atoms. The number of aromatic nitrogens is 1. The van der Waals surface area contributed by atoms with Crippen LogP contribution in [0.15, 0.2) is 52.9 Å². The van der Waals surface area contributed by atoms with Gasteiger partial charge in [-0.3, -0.25) is 0 Å². The molecule has 22 heavy (non-hydrogen) atoms. The Morgan fingerprint density at radius 3 is 2.59 bits per heavy atom. The molecule has 0 saturated carbocycles. The Balaban J connectivity index is 2.02. The van der Waals surface area contributed by atoms with Crippen LogP contribution < -0.4 is 0 Å². The molecule has 0 aliphatic carbocycles. The van der Waals surface area contributed by atoms with Gasteiger partial charge >= 0.3 is 0 Å². The van der Waals surface area contributed by atoms with Crippen LogP contribution in [0.4, 0.5) is 0 Å². The lowest BCUT2D eigenvalue weighted by molar-refractivity contribution is 0.113. The first-order valence-electron chi connectivity index (χ1n) is 7.10. The highest BCUT2D eigenvalue weighted by Crippen LogP contribution is 2.29. The van der Waals surface area contributed by atoms with E-state index < -0.39 is 0 Å². The number of methoxy groups -OCH3 is 1. The molecule has 1 aromatic heterocycles. The Morgan fingerprint density at radius 1 is 1.14 bits per heavy atom. The lowest BCUT2D eigenvalue weighted by atomic mass is 10.0. The predicted octanol–water partition coefficient (Wildman–Crippen LogP) is 4.19. The normalized spacial score (nSPS) is 13.7. The van der Waals surface area contributed by atoms with Crippen molar-refractivity contribution in [2.24, 2.45) is 0 Å². The highest BCUT2D eigenvalue weighted by molar-refractivity contribution is 5.74. The molecule has 0 N–H and O–H groups in total. The zero-order valence-corrected chi connectivity index (χ0v) is 12.5. The standard InChI is InChI=1S/C18H16N2O2/c1-12(11-19)14-8-9-16-15(10-14)20-18(22-16)17(21-2)13-6-4-3-5-7-13/h3-10,12,17H,1-2H3. The summed E-state index contributed by atoms with van der Waals surface area (Å²) in [6, 6.07) is 17.7. The van der Waals surface area contributed by atoms with Gasteiger partial charge in [-0.1, -0.05) is 36.4 Å². The van der Waals surface area contributed by atoms with Crippen LogP contribution in [0.2, 0.25) is 0 Å². The van der Waals surface area contributed by atoms with Gasteiger partial charge in [0.1, 0.15) is 5.52 Å². The topological polar surface area (TPSA) is 59.0 Å². The smallest absolute Gasteiger partial charge is 0.229 e. The number of nitrogens with zero attached hydrogens (tertiary/aromatic N) is 2. The number of fused-ring (bicyclic) bond motifs is 1. The summed E-state index contributed by atoms with van der Waals surface area (Å²) in [5.74, 6) is 0.349. The summed E-state index contributed by atoms with van der Waals surface area (Å²) in [6.07, 6.45) is -0.342. The average molecular weight is 292 g/mol. The van der Waals surface area contributed by atoms with Crippen molar-refractivity contribution in [2.45, 2.75) is 18.9 Å². The highest BCUT2D eigenvalue weighted by atomic mass is 16.5. The van der Waals surface area contributed by atoms with Crippen LogP contribution in [0.25, 0.3) is 11.1 Å². The minimum absolute atomic E-state index is 0.170. The molecule has 3 aromatic rings. The van der Waals surface area contributed by atoms with Crippen LogP contribution in [0.5, 0.6) is 0 Å². The molecule has 0 aliphatic heterocycles. The second-order valence-corrected chi connectivity index (χ2v) is 5.16. The first-order valence-corrected chi connectivity index (χ1v) is 7.10. The summed E-state index contributed by atoms with van der Waals surface area (Å²) in [5, 5.41) is 9.03. The van der Waals surface area contributed by atoms with Crippen molar-refractivity contribution in [3.63, 3.8) is 0 Å². The Labute approximate surface area is 129 Å². The molecular formula is C18H16N2O2. The van der Waals surface area contributed by atoms with E-state index in [-0.39, 0.29) is 12.0 Å².